The number of para-hydroxylation sites is 1. The Labute approximate surface area is 135 Å². The van der Waals surface area contributed by atoms with Gasteiger partial charge in [0, 0.05) is 21.1 Å². The van der Waals surface area contributed by atoms with Gasteiger partial charge in [0.25, 0.3) is 0 Å². The fourth-order valence-corrected chi connectivity index (χ4v) is 2.61. The molecule has 0 saturated carbocycles. The van der Waals surface area contributed by atoms with E-state index in [2.05, 4.69) is 32.3 Å². The summed E-state index contributed by atoms with van der Waals surface area (Å²) in [6.07, 6.45) is 1.57. The Morgan fingerprint density at radius 1 is 1.19 bits per heavy atom. The monoisotopic (exact) mass is 357 g/mol. The van der Waals surface area contributed by atoms with Crippen LogP contribution in [0.25, 0.3) is 10.9 Å². The highest BCUT2D eigenvalue weighted by Gasteiger charge is 2.10. The van der Waals surface area contributed by atoms with Crippen LogP contribution in [0, 0.1) is 11.3 Å². The minimum Gasteiger partial charge on any atom is -0.353 e. The first kappa shape index (κ1) is 13.9. The molecule has 3 aromatic rings. The minimum atomic E-state index is 0.487. The maximum Gasteiger partial charge on any atom is 0.103 e. The van der Waals surface area contributed by atoms with Crippen LogP contribution in [0.15, 0.2) is 53.1 Å². The molecular weight excluding hydrogens is 350 g/mol. The zero-order valence-electron chi connectivity index (χ0n) is 10.8. The van der Waals surface area contributed by atoms with Crippen LogP contribution in [0.1, 0.15) is 5.56 Å². The molecule has 0 aliphatic carbocycles. The second-order valence-electron chi connectivity index (χ2n) is 4.42. The van der Waals surface area contributed by atoms with Crippen LogP contribution in [0.5, 0.6) is 0 Å². The average molecular weight is 359 g/mol. The van der Waals surface area contributed by atoms with Gasteiger partial charge in [0.15, 0.2) is 0 Å². The molecule has 2 aromatic carbocycles. The van der Waals surface area contributed by atoms with Crippen molar-refractivity contribution >= 4 is 49.8 Å². The van der Waals surface area contributed by atoms with Crippen molar-refractivity contribution in [2.45, 2.75) is 0 Å². The lowest BCUT2D eigenvalue weighted by atomic mass is 10.1. The molecule has 1 aromatic heterocycles. The normalized spacial score (nSPS) is 10.3. The molecule has 0 amide bonds. The van der Waals surface area contributed by atoms with Gasteiger partial charge in [-0.15, -0.1) is 0 Å². The van der Waals surface area contributed by atoms with E-state index in [1.807, 2.05) is 36.4 Å². The molecule has 21 heavy (non-hydrogen) atoms. The molecule has 0 radical (unpaired) electrons. The molecule has 0 fully saturated rings. The quantitative estimate of drug-likeness (QED) is 0.679. The van der Waals surface area contributed by atoms with Crippen LogP contribution in [0.2, 0.25) is 5.02 Å². The molecule has 0 saturated heterocycles. The summed E-state index contributed by atoms with van der Waals surface area (Å²) < 4.78 is 0.872. The standard InChI is InChI=1S/C16H9BrClN3/c17-13-6-5-11(18)7-15(13)21-16-10(8-19)9-20-14-4-2-1-3-12(14)16/h1-7,9H,(H,20,21). The van der Waals surface area contributed by atoms with Crippen molar-refractivity contribution < 1.29 is 0 Å². The molecular formula is C16H9BrClN3. The summed E-state index contributed by atoms with van der Waals surface area (Å²) in [6.45, 7) is 0. The number of benzene rings is 2. The van der Waals surface area contributed by atoms with Crippen LogP contribution in [0.3, 0.4) is 0 Å². The number of halogens is 2. The predicted octanol–water partition coefficient (Wildman–Crippen LogP) is 5.27. The van der Waals surface area contributed by atoms with Crippen molar-refractivity contribution in [3.8, 4) is 6.07 Å². The lowest BCUT2D eigenvalue weighted by Gasteiger charge is -2.13. The summed E-state index contributed by atoms with van der Waals surface area (Å²) in [4.78, 5) is 4.29. The van der Waals surface area contributed by atoms with E-state index in [4.69, 9.17) is 11.6 Å². The Balaban J connectivity index is 2.19. The Morgan fingerprint density at radius 3 is 2.81 bits per heavy atom. The van der Waals surface area contributed by atoms with E-state index in [1.165, 1.54) is 0 Å². The van der Waals surface area contributed by atoms with Gasteiger partial charge in [-0.2, -0.15) is 5.26 Å². The summed E-state index contributed by atoms with van der Waals surface area (Å²) in [5.74, 6) is 0. The van der Waals surface area contributed by atoms with Crippen LogP contribution in [0.4, 0.5) is 11.4 Å². The summed E-state index contributed by atoms with van der Waals surface area (Å²) in [5, 5.41) is 14.1. The smallest absolute Gasteiger partial charge is 0.103 e. The van der Waals surface area contributed by atoms with Gasteiger partial charge in [0.1, 0.15) is 6.07 Å². The number of nitriles is 1. The third-order valence-corrected chi connectivity index (χ3v) is 4.01. The first-order valence-corrected chi connectivity index (χ1v) is 7.36. The van der Waals surface area contributed by atoms with E-state index in [0.717, 1.165) is 26.8 Å². The molecule has 0 spiro atoms. The molecule has 0 aliphatic heterocycles. The number of rotatable bonds is 2. The first-order valence-electron chi connectivity index (χ1n) is 6.19. The minimum absolute atomic E-state index is 0.487. The van der Waals surface area contributed by atoms with Crippen molar-refractivity contribution in [3.05, 3.63) is 63.7 Å². The van der Waals surface area contributed by atoms with Gasteiger partial charge in [-0.05, 0) is 40.2 Å². The average Bonchev–Trinajstić information content (AvgIpc) is 2.51. The largest absolute Gasteiger partial charge is 0.353 e. The number of aromatic nitrogens is 1. The molecule has 0 unspecified atom stereocenters. The number of hydrogen-bond acceptors (Lipinski definition) is 3. The van der Waals surface area contributed by atoms with Crippen molar-refractivity contribution in [3.63, 3.8) is 0 Å². The lowest BCUT2D eigenvalue weighted by Crippen LogP contribution is -1.97. The number of hydrogen-bond donors (Lipinski definition) is 1. The van der Waals surface area contributed by atoms with Gasteiger partial charge in [-0.3, -0.25) is 4.98 Å². The van der Waals surface area contributed by atoms with Crippen molar-refractivity contribution in [2.24, 2.45) is 0 Å². The second-order valence-corrected chi connectivity index (χ2v) is 5.72. The van der Waals surface area contributed by atoms with Gasteiger partial charge in [0.2, 0.25) is 0 Å². The summed E-state index contributed by atoms with van der Waals surface area (Å²) in [7, 11) is 0. The van der Waals surface area contributed by atoms with Crippen molar-refractivity contribution in [1.82, 2.24) is 4.98 Å². The maximum absolute atomic E-state index is 9.31. The van der Waals surface area contributed by atoms with E-state index in [-0.39, 0.29) is 0 Å². The second kappa shape index (κ2) is 5.72. The summed E-state index contributed by atoms with van der Waals surface area (Å²) >= 11 is 9.52. The Hall–Kier alpha value is -2.09. The van der Waals surface area contributed by atoms with Gasteiger partial charge in [0.05, 0.1) is 22.5 Å². The van der Waals surface area contributed by atoms with Crippen molar-refractivity contribution in [2.75, 3.05) is 5.32 Å². The molecule has 0 aliphatic rings. The van der Waals surface area contributed by atoms with Crippen LogP contribution >= 0.6 is 27.5 Å². The highest BCUT2D eigenvalue weighted by Crippen LogP contribution is 2.33. The van der Waals surface area contributed by atoms with Gasteiger partial charge in [-0.25, -0.2) is 0 Å². The molecule has 0 bridgehead atoms. The zero-order valence-corrected chi connectivity index (χ0v) is 13.1. The van der Waals surface area contributed by atoms with Gasteiger partial charge in [-0.1, -0.05) is 29.8 Å². The fourth-order valence-electron chi connectivity index (χ4n) is 2.09. The molecule has 1 heterocycles. The predicted molar refractivity (Wildman–Crippen MR) is 88.9 cm³/mol. The third-order valence-electron chi connectivity index (χ3n) is 3.08. The number of nitrogens with one attached hydrogen (secondary N) is 1. The zero-order chi connectivity index (χ0) is 14.8. The number of fused-ring (bicyclic) bond motifs is 1. The lowest BCUT2D eigenvalue weighted by molar-refractivity contribution is 1.36. The van der Waals surface area contributed by atoms with E-state index in [0.29, 0.717) is 10.6 Å². The Morgan fingerprint density at radius 2 is 2.00 bits per heavy atom. The van der Waals surface area contributed by atoms with Crippen LogP contribution in [-0.2, 0) is 0 Å². The molecule has 3 nitrogen and oxygen atoms in total. The fraction of sp³-hybridized carbons (Fsp3) is 0. The van der Waals surface area contributed by atoms with Crippen LogP contribution < -0.4 is 5.32 Å². The number of nitrogens with zero attached hydrogens (tertiary/aromatic N) is 2. The first-order chi connectivity index (χ1) is 10.2. The SMILES string of the molecule is N#Cc1cnc2ccccc2c1Nc1cc(Cl)ccc1Br. The third kappa shape index (κ3) is 2.71. The molecule has 3 rings (SSSR count). The van der Waals surface area contributed by atoms with Crippen LogP contribution in [-0.4, -0.2) is 4.98 Å². The van der Waals surface area contributed by atoms with E-state index in [1.54, 1.807) is 12.3 Å². The maximum atomic E-state index is 9.31. The van der Waals surface area contributed by atoms with E-state index >= 15 is 0 Å². The molecule has 1 N–H and O–H groups in total. The Kier molecular flexibility index (Phi) is 3.78. The molecule has 0 atom stereocenters. The van der Waals surface area contributed by atoms with Gasteiger partial charge < -0.3 is 5.32 Å². The molecule has 5 heteroatoms. The highest BCUT2D eigenvalue weighted by molar-refractivity contribution is 9.10. The topological polar surface area (TPSA) is 48.7 Å². The highest BCUT2D eigenvalue weighted by atomic mass is 79.9. The van der Waals surface area contributed by atoms with Gasteiger partial charge >= 0.3 is 0 Å². The van der Waals surface area contributed by atoms with Crippen molar-refractivity contribution in [1.29, 1.82) is 5.26 Å². The number of anilines is 2. The van der Waals surface area contributed by atoms with E-state index in [9.17, 15) is 5.26 Å². The van der Waals surface area contributed by atoms with E-state index < -0.39 is 0 Å². The summed E-state index contributed by atoms with van der Waals surface area (Å²) in [5.41, 5.74) is 2.85. The Bertz CT molecular complexity index is 871. The summed E-state index contributed by atoms with van der Waals surface area (Å²) in [6, 6.07) is 15.3. The number of pyridine rings is 1. The molecule has 102 valence electrons.